The van der Waals surface area contributed by atoms with Crippen molar-refractivity contribution in [3.05, 3.63) is 218 Å². The van der Waals surface area contributed by atoms with E-state index in [-0.39, 0.29) is 14.5 Å². The summed E-state index contributed by atoms with van der Waals surface area (Å²) in [5, 5.41) is 17.3. The molecule has 0 aliphatic rings. The Labute approximate surface area is 390 Å². The number of fused-ring (bicyclic) bond motifs is 13. The van der Waals surface area contributed by atoms with Gasteiger partial charge in [0, 0.05) is 0 Å². The van der Waals surface area contributed by atoms with E-state index in [0.29, 0.717) is 0 Å². The van der Waals surface area contributed by atoms with E-state index in [9.17, 15) is 0 Å². The molecule has 0 radical (unpaired) electrons. The van der Waals surface area contributed by atoms with Gasteiger partial charge in [0.25, 0.3) is 0 Å². The standard InChI is InChI=1S/C64H36O2Se/c1-3-18-44-42(16-1)60(37-29-32-56-52(34-37)40-14-9-11-25-54(40)65-56)43-17-2-4-19-45(43)62(44)39-28-31-50-59(36-39)67-58-27-13-24-51(64(50)58)63-48-22-7-5-20-46(48)61(47-21-6-8-23-49(47)63)38-30-33-57-53(35-38)41-15-10-12-26-55(41)66-57/h1-36H. The molecule has 0 bridgehead atoms. The van der Waals surface area contributed by atoms with Crippen molar-refractivity contribution in [1.82, 2.24) is 0 Å². The monoisotopic (exact) mass is 916 g/mol. The van der Waals surface area contributed by atoms with Gasteiger partial charge >= 0.3 is 356 Å². The van der Waals surface area contributed by atoms with Crippen molar-refractivity contribution >= 4 is 121 Å². The minimum atomic E-state index is 0.124. The summed E-state index contributed by atoms with van der Waals surface area (Å²) >= 11 is 0.124. The van der Waals surface area contributed by atoms with E-state index < -0.39 is 0 Å². The molecule has 3 aromatic heterocycles. The van der Waals surface area contributed by atoms with Gasteiger partial charge in [0.15, 0.2) is 0 Å². The Balaban J connectivity index is 0.936. The van der Waals surface area contributed by atoms with Crippen molar-refractivity contribution in [2.24, 2.45) is 0 Å². The van der Waals surface area contributed by atoms with Crippen LogP contribution in [0.1, 0.15) is 0 Å². The quantitative estimate of drug-likeness (QED) is 0.130. The van der Waals surface area contributed by atoms with E-state index in [0.717, 1.165) is 43.9 Å². The van der Waals surface area contributed by atoms with Gasteiger partial charge in [-0.05, 0) is 12.1 Å². The van der Waals surface area contributed by atoms with Gasteiger partial charge in [0.05, 0.1) is 0 Å². The van der Waals surface area contributed by atoms with Crippen LogP contribution in [0, 0.1) is 0 Å². The van der Waals surface area contributed by atoms with Crippen molar-refractivity contribution < 1.29 is 8.83 Å². The molecule has 3 heteroatoms. The van der Waals surface area contributed by atoms with Crippen molar-refractivity contribution in [3.63, 3.8) is 0 Å². The number of hydrogen-bond donors (Lipinski definition) is 0. The van der Waals surface area contributed by atoms with E-state index in [2.05, 4.69) is 206 Å². The van der Waals surface area contributed by atoms with Crippen LogP contribution in [0.15, 0.2) is 227 Å². The molecule has 0 atom stereocenters. The van der Waals surface area contributed by atoms with Gasteiger partial charge in [0.2, 0.25) is 0 Å². The van der Waals surface area contributed by atoms with Crippen molar-refractivity contribution in [3.8, 4) is 44.5 Å². The SMILES string of the molecule is c1ccc2c(c1)oc1ccc(-c3c4ccccc4c(-c4ccc5c(c4)[se]c4cccc(-c6c7ccccc7c(-c7ccc8oc9ccccc9c8c7)c7ccccc67)c45)c4ccccc34)cc12. The van der Waals surface area contributed by atoms with Gasteiger partial charge in [0.1, 0.15) is 0 Å². The van der Waals surface area contributed by atoms with Crippen LogP contribution in [-0.4, -0.2) is 14.5 Å². The number of hydrogen-bond acceptors (Lipinski definition) is 2. The Morgan fingerprint density at radius 1 is 0.239 bits per heavy atom. The van der Waals surface area contributed by atoms with Gasteiger partial charge in [-0.3, -0.25) is 0 Å². The van der Waals surface area contributed by atoms with E-state index in [1.54, 1.807) is 0 Å². The predicted molar refractivity (Wildman–Crippen MR) is 285 cm³/mol. The fourth-order valence-electron chi connectivity index (χ4n) is 11.4. The number of furan rings is 2. The van der Waals surface area contributed by atoms with E-state index in [4.69, 9.17) is 8.83 Å². The number of benzene rings is 12. The molecule has 67 heavy (non-hydrogen) atoms. The van der Waals surface area contributed by atoms with Gasteiger partial charge in [-0.25, -0.2) is 0 Å². The zero-order valence-electron chi connectivity index (χ0n) is 36.0. The molecule has 12 aromatic carbocycles. The molecule has 2 nitrogen and oxygen atoms in total. The molecule has 0 amide bonds. The third kappa shape index (κ3) is 5.39. The first-order valence-electron chi connectivity index (χ1n) is 22.9. The Morgan fingerprint density at radius 2 is 0.612 bits per heavy atom. The zero-order chi connectivity index (χ0) is 43.7. The maximum absolute atomic E-state index is 6.28. The molecule has 310 valence electrons. The van der Waals surface area contributed by atoms with E-state index >= 15 is 0 Å². The van der Waals surface area contributed by atoms with Gasteiger partial charge in [-0.2, -0.15) is 0 Å². The summed E-state index contributed by atoms with van der Waals surface area (Å²) in [5.74, 6) is 0. The third-order valence-electron chi connectivity index (χ3n) is 14.2. The summed E-state index contributed by atoms with van der Waals surface area (Å²) in [6.45, 7) is 0. The van der Waals surface area contributed by atoms with Gasteiger partial charge in [-0.1, -0.05) is 24.3 Å². The normalized spacial score (nSPS) is 12.2. The molecule has 0 fully saturated rings. The van der Waals surface area contributed by atoms with Gasteiger partial charge < -0.3 is 0 Å². The Morgan fingerprint density at radius 3 is 1.07 bits per heavy atom. The minimum absolute atomic E-state index is 0.124. The van der Waals surface area contributed by atoms with E-state index in [1.807, 2.05) is 12.1 Å². The molecular weight excluding hydrogens is 880 g/mol. The molecular formula is C64H36O2Se. The molecule has 0 unspecified atom stereocenters. The second-order valence-electron chi connectivity index (χ2n) is 17.8. The third-order valence-corrected chi connectivity index (χ3v) is 16.6. The first-order valence-corrected chi connectivity index (χ1v) is 24.6. The van der Waals surface area contributed by atoms with Gasteiger partial charge in [-0.15, -0.1) is 0 Å². The number of rotatable bonds is 4. The van der Waals surface area contributed by atoms with Crippen LogP contribution in [0.4, 0.5) is 0 Å². The first-order chi connectivity index (χ1) is 33.2. The van der Waals surface area contributed by atoms with Crippen molar-refractivity contribution in [2.75, 3.05) is 0 Å². The predicted octanol–water partition coefficient (Wildman–Crippen LogP) is 18.1. The molecule has 0 saturated heterocycles. The molecule has 0 aliphatic carbocycles. The Kier molecular flexibility index (Phi) is 7.83. The molecule has 3 heterocycles. The molecule has 0 aliphatic heterocycles. The average Bonchev–Trinajstić information content (AvgIpc) is 4.08. The van der Waals surface area contributed by atoms with Crippen molar-refractivity contribution in [1.29, 1.82) is 0 Å². The molecule has 0 saturated carbocycles. The van der Waals surface area contributed by atoms with Crippen LogP contribution in [0.5, 0.6) is 0 Å². The van der Waals surface area contributed by atoms with Crippen LogP contribution in [0.2, 0.25) is 0 Å². The first kappa shape index (κ1) is 37.1. The fourth-order valence-corrected chi connectivity index (χ4v) is 13.9. The Bertz CT molecular complexity index is 4470. The van der Waals surface area contributed by atoms with Crippen LogP contribution in [-0.2, 0) is 0 Å². The second kappa shape index (κ2) is 14.1. The van der Waals surface area contributed by atoms with Crippen LogP contribution in [0.25, 0.3) is 151 Å². The molecule has 15 aromatic rings. The van der Waals surface area contributed by atoms with E-state index in [1.165, 1.54) is 107 Å². The number of para-hydroxylation sites is 2. The topological polar surface area (TPSA) is 26.3 Å². The zero-order valence-corrected chi connectivity index (χ0v) is 37.7. The second-order valence-corrected chi connectivity index (χ2v) is 20.1. The molecule has 0 spiro atoms. The summed E-state index contributed by atoms with van der Waals surface area (Å²) in [4.78, 5) is 0. The summed E-state index contributed by atoms with van der Waals surface area (Å²) < 4.78 is 15.4. The summed E-state index contributed by atoms with van der Waals surface area (Å²) in [6, 6.07) is 80.4. The van der Waals surface area contributed by atoms with Crippen molar-refractivity contribution in [2.45, 2.75) is 0 Å². The average molecular weight is 916 g/mol. The summed E-state index contributed by atoms with van der Waals surface area (Å²) in [6.07, 6.45) is 0. The molecule has 0 N–H and O–H groups in total. The van der Waals surface area contributed by atoms with Crippen LogP contribution >= 0.6 is 0 Å². The van der Waals surface area contributed by atoms with Crippen LogP contribution in [0.3, 0.4) is 0 Å². The summed E-state index contributed by atoms with van der Waals surface area (Å²) in [5.41, 5.74) is 13.7. The fraction of sp³-hybridized carbons (Fsp3) is 0. The maximum atomic E-state index is 6.28. The summed E-state index contributed by atoms with van der Waals surface area (Å²) in [7, 11) is 0. The molecule has 15 rings (SSSR count). The van der Waals surface area contributed by atoms with Crippen LogP contribution < -0.4 is 0 Å². The Hall–Kier alpha value is -8.20.